The number of hydrogen-bond donors (Lipinski definition) is 13. The summed E-state index contributed by atoms with van der Waals surface area (Å²) in [6.07, 6.45) is 3.78. The Kier molecular flexibility index (Phi) is 18.6. The molecule has 0 aliphatic heterocycles. The Labute approximate surface area is 464 Å². The van der Waals surface area contributed by atoms with Gasteiger partial charge in [-0.1, -0.05) is 111 Å². The number of aliphatic carboxylic acids is 2. The molecule has 21 heteroatoms. The molecule has 0 radical (unpaired) electrons. The van der Waals surface area contributed by atoms with Crippen LogP contribution in [0.3, 0.4) is 0 Å². The summed E-state index contributed by atoms with van der Waals surface area (Å²) in [6, 6.07) is 26.6. The highest BCUT2D eigenvalue weighted by molar-refractivity contribution is 5.99. The second-order valence-corrected chi connectivity index (χ2v) is 20.3. The minimum atomic E-state index is -1.54. The van der Waals surface area contributed by atoms with Gasteiger partial charge in [-0.2, -0.15) is 0 Å². The molecule has 3 heterocycles. The van der Waals surface area contributed by atoms with Crippen LogP contribution in [0.4, 0.5) is 0 Å². The molecule has 81 heavy (non-hydrogen) atoms. The van der Waals surface area contributed by atoms with Crippen molar-refractivity contribution >= 4 is 80.1 Å². The molecule has 0 saturated heterocycles. The number of fused-ring (bicyclic) bond motifs is 3. The van der Waals surface area contributed by atoms with Crippen LogP contribution in [0.25, 0.3) is 32.7 Å². The van der Waals surface area contributed by atoms with E-state index in [0.29, 0.717) is 27.8 Å². The first-order valence-corrected chi connectivity index (χ1v) is 26.4. The number of nitrogens with two attached hydrogens (primary N) is 1. The number of hydrogen-bond acceptors (Lipinski definition) is 10. The third-order valence-electron chi connectivity index (χ3n) is 14.1. The van der Waals surface area contributed by atoms with Gasteiger partial charge in [0.2, 0.25) is 35.4 Å². The van der Waals surface area contributed by atoms with E-state index in [9.17, 15) is 48.9 Å². The van der Waals surface area contributed by atoms with E-state index in [2.05, 4.69) is 46.9 Å². The zero-order valence-corrected chi connectivity index (χ0v) is 44.4. The van der Waals surface area contributed by atoms with Crippen molar-refractivity contribution in [3.8, 4) is 5.75 Å². The van der Waals surface area contributed by atoms with Gasteiger partial charge in [0, 0.05) is 83.4 Å². The van der Waals surface area contributed by atoms with Crippen molar-refractivity contribution in [1.29, 1.82) is 0 Å². The standard InChI is InChI=1S/C60H64N10O11/c1-33(2)53(70-58(78)50(28-38-32-64-46-19-11-8-16-42(38)46)67-55(75)47(24-35-20-22-39(71)23-21-35)65-54(74)43(61)29-52(72)73)59(79)68-49(27-37-31-63-45-18-10-7-15-41(37)45)56(76)66-48(26-36-30-62-44-17-9-6-14-40(36)44)57(77)69-51(60(80)81)25-34-12-4-3-5-13-34/h3-23,30-33,43,47-51,53,62-64,71H,24-29,61H2,1-2H3,(H,65,74)(H,66,76)(H,67,75)(H,68,79)(H,69,77)(H,70,78)(H,72,73)(H,80,81)/t43-,47-,48+,49+,50+,51-,53-/m0/s1. The van der Waals surface area contributed by atoms with Crippen molar-refractivity contribution in [2.75, 3.05) is 0 Å². The zero-order valence-electron chi connectivity index (χ0n) is 44.4. The molecular formula is C60H64N10O11. The quantitative estimate of drug-likeness (QED) is 0.0368. The average molecular weight is 1100 g/mol. The molecular weight excluding hydrogens is 1040 g/mol. The van der Waals surface area contributed by atoms with Gasteiger partial charge in [-0.05, 0) is 64.1 Å². The molecule has 420 valence electrons. The van der Waals surface area contributed by atoms with Crippen molar-refractivity contribution < 1.29 is 53.7 Å². The summed E-state index contributed by atoms with van der Waals surface area (Å²) in [5, 5.41) is 48.3. The molecule has 7 atom stereocenters. The van der Waals surface area contributed by atoms with Crippen molar-refractivity contribution in [2.45, 2.75) is 94.7 Å². The average Bonchev–Trinajstić information content (AvgIpc) is 4.36. The van der Waals surface area contributed by atoms with Crippen LogP contribution in [-0.2, 0) is 70.5 Å². The van der Waals surface area contributed by atoms with Gasteiger partial charge in [0.1, 0.15) is 42.0 Å². The fourth-order valence-corrected chi connectivity index (χ4v) is 9.74. The number of aromatic amines is 3. The zero-order chi connectivity index (χ0) is 57.7. The van der Waals surface area contributed by atoms with Gasteiger partial charge < -0.3 is 67.9 Å². The number of benzene rings is 5. The van der Waals surface area contributed by atoms with Crippen LogP contribution < -0.4 is 37.6 Å². The van der Waals surface area contributed by atoms with Crippen molar-refractivity contribution in [3.63, 3.8) is 0 Å². The summed E-state index contributed by atoms with van der Waals surface area (Å²) in [5.41, 5.74) is 11.2. The highest BCUT2D eigenvalue weighted by atomic mass is 16.4. The lowest BCUT2D eigenvalue weighted by molar-refractivity contribution is -0.142. The number of para-hydroxylation sites is 3. The molecule has 0 fully saturated rings. The van der Waals surface area contributed by atoms with Crippen molar-refractivity contribution in [3.05, 3.63) is 174 Å². The number of carbonyl (C=O) groups excluding carboxylic acids is 6. The van der Waals surface area contributed by atoms with E-state index < -0.39 is 102 Å². The number of aromatic nitrogens is 3. The Morgan fingerprint density at radius 2 is 0.790 bits per heavy atom. The third-order valence-corrected chi connectivity index (χ3v) is 14.1. The first-order chi connectivity index (χ1) is 38.9. The van der Waals surface area contributed by atoms with Gasteiger partial charge in [0.05, 0.1) is 12.5 Å². The summed E-state index contributed by atoms with van der Waals surface area (Å²) in [7, 11) is 0. The van der Waals surface area contributed by atoms with Gasteiger partial charge in [-0.15, -0.1) is 0 Å². The van der Waals surface area contributed by atoms with Crippen molar-refractivity contribution in [2.24, 2.45) is 11.7 Å². The Bertz CT molecular complexity index is 3560. The maximum absolute atomic E-state index is 15.0. The molecule has 5 aromatic carbocycles. The molecule has 0 aliphatic rings. The fraction of sp³-hybridized carbons (Fsp3) is 0.267. The SMILES string of the molecule is CC(C)[C@H](NC(=O)[C@@H](Cc1c[nH]c2ccccc12)NC(=O)[C@H](Cc1ccc(O)cc1)NC(=O)[C@@H](N)CC(=O)O)C(=O)N[C@H](Cc1c[nH]c2ccccc12)C(=O)N[C@H](Cc1c[nH]c2ccccc12)C(=O)N[C@@H](Cc1ccccc1)C(=O)O. The molecule has 3 aromatic heterocycles. The topological polar surface area (TPSA) is 343 Å². The van der Waals surface area contributed by atoms with Gasteiger partial charge >= 0.3 is 11.9 Å². The lowest BCUT2D eigenvalue weighted by Crippen LogP contribution is -2.61. The van der Waals surface area contributed by atoms with Crippen LogP contribution in [0.5, 0.6) is 5.75 Å². The molecule has 8 rings (SSSR count). The normalized spacial score (nSPS) is 14.0. The molecule has 8 aromatic rings. The Morgan fingerprint density at radius 3 is 1.22 bits per heavy atom. The largest absolute Gasteiger partial charge is 0.508 e. The van der Waals surface area contributed by atoms with E-state index in [1.165, 1.54) is 24.3 Å². The summed E-state index contributed by atoms with van der Waals surface area (Å²) in [6.45, 7) is 3.35. The number of carboxylic acid groups (broad SMARTS) is 2. The van der Waals surface area contributed by atoms with E-state index in [4.69, 9.17) is 5.73 Å². The van der Waals surface area contributed by atoms with Gasteiger partial charge in [-0.25, -0.2) is 4.79 Å². The molecule has 14 N–H and O–H groups in total. The number of aromatic hydroxyl groups is 1. The number of amides is 6. The van der Waals surface area contributed by atoms with E-state index >= 15 is 4.79 Å². The smallest absolute Gasteiger partial charge is 0.326 e. The first kappa shape index (κ1) is 57.4. The second-order valence-electron chi connectivity index (χ2n) is 20.3. The number of carboxylic acids is 2. The third kappa shape index (κ3) is 14.9. The number of carbonyl (C=O) groups is 8. The summed E-state index contributed by atoms with van der Waals surface area (Å²) >= 11 is 0. The van der Waals surface area contributed by atoms with Crippen molar-refractivity contribution in [1.82, 2.24) is 46.9 Å². The van der Waals surface area contributed by atoms with Gasteiger partial charge in [-0.3, -0.25) is 33.6 Å². The Hall–Kier alpha value is -9.76. The summed E-state index contributed by atoms with van der Waals surface area (Å²) < 4.78 is 0. The second kappa shape index (κ2) is 26.3. The van der Waals surface area contributed by atoms with Gasteiger partial charge in [0.15, 0.2) is 0 Å². The van der Waals surface area contributed by atoms with E-state index in [0.717, 1.165) is 32.7 Å². The number of nitrogens with one attached hydrogen (secondary N) is 9. The molecule has 21 nitrogen and oxygen atoms in total. The van der Waals surface area contributed by atoms with E-state index in [1.807, 2.05) is 66.7 Å². The van der Waals surface area contributed by atoms with Crippen LogP contribution in [0.1, 0.15) is 48.1 Å². The van der Waals surface area contributed by atoms with Crippen LogP contribution >= 0.6 is 0 Å². The number of H-pyrrole nitrogens is 3. The van der Waals surface area contributed by atoms with Crippen LogP contribution in [0, 0.1) is 5.92 Å². The van der Waals surface area contributed by atoms with Crippen LogP contribution in [-0.4, -0.2) is 120 Å². The minimum absolute atomic E-state index is 0.0518. The Morgan fingerprint density at radius 1 is 0.432 bits per heavy atom. The minimum Gasteiger partial charge on any atom is -0.508 e. The molecule has 0 spiro atoms. The molecule has 6 amide bonds. The number of phenolic OH excluding ortho intramolecular Hbond substituents is 1. The molecule has 0 bridgehead atoms. The van der Waals surface area contributed by atoms with E-state index in [1.54, 1.807) is 68.8 Å². The maximum Gasteiger partial charge on any atom is 0.326 e. The highest BCUT2D eigenvalue weighted by Gasteiger charge is 2.36. The molecule has 0 unspecified atom stereocenters. The lowest BCUT2D eigenvalue weighted by atomic mass is 9.98. The van der Waals surface area contributed by atoms with Crippen LogP contribution in [0.15, 0.2) is 146 Å². The highest BCUT2D eigenvalue weighted by Crippen LogP contribution is 2.23. The number of phenols is 1. The summed E-state index contributed by atoms with van der Waals surface area (Å²) in [4.78, 5) is 121. The van der Waals surface area contributed by atoms with Gasteiger partial charge in [0.25, 0.3) is 0 Å². The number of rotatable bonds is 26. The lowest BCUT2D eigenvalue weighted by Gasteiger charge is -2.29. The Balaban J connectivity index is 1.09. The predicted octanol–water partition coefficient (Wildman–Crippen LogP) is 3.80. The molecule has 0 aliphatic carbocycles. The van der Waals surface area contributed by atoms with E-state index in [-0.39, 0.29) is 37.9 Å². The molecule has 0 saturated carbocycles. The monoisotopic (exact) mass is 1100 g/mol. The fourth-order valence-electron chi connectivity index (χ4n) is 9.74. The predicted molar refractivity (Wildman–Crippen MR) is 302 cm³/mol. The summed E-state index contributed by atoms with van der Waals surface area (Å²) in [5.74, 6) is -8.37. The first-order valence-electron chi connectivity index (χ1n) is 26.4. The maximum atomic E-state index is 15.0. The van der Waals surface area contributed by atoms with Crippen LogP contribution in [0.2, 0.25) is 0 Å².